The molecular weight excluding hydrogens is 599 g/mol. The smallest absolute Gasteiger partial charge is 0.416 e. The highest BCUT2D eigenvalue weighted by molar-refractivity contribution is 14.2. The van der Waals surface area contributed by atoms with Gasteiger partial charge in [-0.1, -0.05) is 65.1 Å². The summed E-state index contributed by atoms with van der Waals surface area (Å²) in [7, 11) is 0. The standard InChI is InChI=1S/C25H20F6IN3O/c1-4-11-36-23-34-21(15(2)18-8-6-10-20(13-18)25(29,30)31)33-22(35-23)16(3)32-14-17-7-5-9-19(12-17)24(26,27)28/h5-10,12-14H,2-4,11H2,1H3. The van der Waals surface area contributed by atoms with Crippen LogP contribution in [-0.2, 0) is 12.4 Å². The van der Waals surface area contributed by atoms with Gasteiger partial charge in [0.05, 0.1) is 17.7 Å². The van der Waals surface area contributed by atoms with Gasteiger partial charge in [0, 0.05) is 9.15 Å². The third-order valence-corrected chi connectivity index (χ3v) is 6.89. The fourth-order valence-corrected chi connectivity index (χ4v) is 4.49. The van der Waals surface area contributed by atoms with E-state index < -0.39 is 44.2 Å². The number of ether oxygens (including phenoxy) is 1. The van der Waals surface area contributed by atoms with Crippen LogP contribution in [0.4, 0.5) is 26.3 Å². The molecule has 0 aliphatic heterocycles. The van der Waals surface area contributed by atoms with Crippen molar-refractivity contribution in [3.63, 3.8) is 0 Å². The van der Waals surface area contributed by atoms with Crippen molar-refractivity contribution in [1.29, 1.82) is 0 Å². The van der Waals surface area contributed by atoms with Gasteiger partial charge in [-0.15, -0.1) is 0 Å². The van der Waals surface area contributed by atoms with Crippen LogP contribution in [0.1, 0.15) is 47.2 Å². The average Bonchev–Trinajstić information content (AvgIpc) is 2.84. The molecule has 1 aromatic heterocycles. The van der Waals surface area contributed by atoms with Crippen LogP contribution in [0.3, 0.4) is 0 Å². The van der Waals surface area contributed by atoms with Crippen molar-refractivity contribution < 1.29 is 31.1 Å². The molecule has 0 aliphatic carbocycles. The summed E-state index contributed by atoms with van der Waals surface area (Å²) in [5, 5.41) is 0. The van der Waals surface area contributed by atoms with Gasteiger partial charge in [-0.05, 0) is 45.8 Å². The summed E-state index contributed by atoms with van der Waals surface area (Å²) in [5.74, 6) is 0.143. The van der Waals surface area contributed by atoms with Crippen LogP contribution in [0.25, 0.3) is 9.15 Å². The summed E-state index contributed by atoms with van der Waals surface area (Å²) in [6.45, 7) is 9.98. The number of benzene rings is 2. The molecule has 0 atom stereocenters. The normalized spacial score (nSPS) is 12.3. The SMILES string of the molecule is C=C(I=Cc1cccc(C(F)(F)F)c1)c1nc(OCCC)nc(C(=C)c2cccc(C(F)(F)F)c2)n1. The van der Waals surface area contributed by atoms with E-state index in [0.29, 0.717) is 15.6 Å². The molecule has 0 amide bonds. The van der Waals surface area contributed by atoms with E-state index in [4.69, 9.17) is 4.74 Å². The summed E-state index contributed by atoms with van der Waals surface area (Å²) in [6, 6.07) is 9.45. The first-order valence-corrected chi connectivity index (χ1v) is 12.8. The Morgan fingerprint density at radius 2 is 1.50 bits per heavy atom. The van der Waals surface area contributed by atoms with Gasteiger partial charge in [0.15, 0.2) is 11.6 Å². The molecule has 2 aromatic carbocycles. The molecule has 1 heterocycles. The Balaban J connectivity index is 1.95. The van der Waals surface area contributed by atoms with Gasteiger partial charge in [0.2, 0.25) is 0 Å². The highest BCUT2D eigenvalue weighted by Gasteiger charge is 2.31. The summed E-state index contributed by atoms with van der Waals surface area (Å²) < 4.78 is 86.1. The topological polar surface area (TPSA) is 47.9 Å². The van der Waals surface area contributed by atoms with Crippen LogP contribution in [-0.4, -0.2) is 25.6 Å². The monoisotopic (exact) mass is 619 g/mol. The lowest BCUT2D eigenvalue weighted by Crippen LogP contribution is -2.08. The van der Waals surface area contributed by atoms with Crippen molar-refractivity contribution in [2.75, 3.05) is 6.61 Å². The molecular formula is C25H20F6IN3O. The van der Waals surface area contributed by atoms with Gasteiger partial charge in [-0.25, -0.2) is 4.98 Å². The first kappa shape index (κ1) is 27.5. The summed E-state index contributed by atoms with van der Waals surface area (Å²) >= 11 is -1.05. The average molecular weight is 619 g/mol. The molecule has 0 N–H and O–H groups in total. The largest absolute Gasteiger partial charge is 0.463 e. The number of hydrogen-bond acceptors (Lipinski definition) is 4. The molecule has 0 radical (unpaired) electrons. The molecule has 3 rings (SSSR count). The first-order valence-electron chi connectivity index (χ1n) is 10.5. The molecule has 0 saturated carbocycles. The predicted molar refractivity (Wildman–Crippen MR) is 135 cm³/mol. The van der Waals surface area contributed by atoms with E-state index in [0.717, 1.165) is 24.3 Å². The molecule has 0 fully saturated rings. The fraction of sp³-hybridized carbons (Fsp3) is 0.200. The second-order valence-corrected chi connectivity index (χ2v) is 9.96. The van der Waals surface area contributed by atoms with E-state index in [9.17, 15) is 26.3 Å². The number of alkyl halides is 6. The van der Waals surface area contributed by atoms with E-state index in [1.807, 2.05) is 6.92 Å². The van der Waals surface area contributed by atoms with E-state index >= 15 is 0 Å². The minimum atomic E-state index is -4.53. The van der Waals surface area contributed by atoms with Gasteiger partial charge in [0.1, 0.15) is 0 Å². The number of rotatable bonds is 8. The van der Waals surface area contributed by atoms with Gasteiger partial charge in [-0.3, -0.25) is 0 Å². The highest BCUT2D eigenvalue weighted by atomic mass is 127. The van der Waals surface area contributed by atoms with Crippen molar-refractivity contribution in [3.05, 3.63) is 95.6 Å². The quantitative estimate of drug-likeness (QED) is 0.193. The zero-order chi connectivity index (χ0) is 26.5. The lowest BCUT2D eigenvalue weighted by atomic mass is 10.0. The van der Waals surface area contributed by atoms with E-state index in [-0.39, 0.29) is 35.4 Å². The van der Waals surface area contributed by atoms with Crippen molar-refractivity contribution in [3.8, 4) is 6.01 Å². The number of halogens is 7. The van der Waals surface area contributed by atoms with Crippen LogP contribution in [0.15, 0.2) is 61.7 Å². The molecule has 36 heavy (non-hydrogen) atoms. The molecule has 0 saturated heterocycles. The third-order valence-electron chi connectivity index (χ3n) is 4.63. The van der Waals surface area contributed by atoms with E-state index in [2.05, 4.69) is 28.1 Å². The second-order valence-electron chi connectivity index (χ2n) is 7.42. The van der Waals surface area contributed by atoms with Crippen molar-refractivity contribution in [1.82, 2.24) is 15.0 Å². The van der Waals surface area contributed by atoms with Crippen molar-refractivity contribution in [2.45, 2.75) is 25.7 Å². The Kier molecular flexibility index (Phi) is 8.64. The maximum atomic E-state index is 13.2. The van der Waals surface area contributed by atoms with Gasteiger partial charge in [0.25, 0.3) is 0 Å². The molecule has 3 aromatic rings. The Morgan fingerprint density at radius 1 is 0.889 bits per heavy atom. The lowest BCUT2D eigenvalue weighted by Gasteiger charge is -2.12. The van der Waals surface area contributed by atoms with Gasteiger partial charge >= 0.3 is 18.4 Å². The summed E-state index contributed by atoms with van der Waals surface area (Å²) in [6.07, 6.45) is -8.34. The Labute approximate surface area is 213 Å². The zero-order valence-corrected chi connectivity index (χ0v) is 21.1. The number of nitrogens with zero attached hydrogens (tertiary/aromatic N) is 3. The Hall–Kier alpha value is -3.09. The highest BCUT2D eigenvalue weighted by Crippen LogP contribution is 2.33. The Bertz CT molecular complexity index is 1300. The molecule has 0 aliphatic rings. The third kappa shape index (κ3) is 7.21. The van der Waals surface area contributed by atoms with Crippen LogP contribution in [0.5, 0.6) is 6.01 Å². The maximum Gasteiger partial charge on any atom is 0.416 e. The second kappa shape index (κ2) is 11.3. The van der Waals surface area contributed by atoms with Crippen LogP contribution >= 0.6 is 20.7 Å². The van der Waals surface area contributed by atoms with E-state index in [1.54, 1.807) is 10.1 Å². The predicted octanol–water partition coefficient (Wildman–Crippen LogP) is 7.55. The molecule has 0 spiro atoms. The van der Waals surface area contributed by atoms with Crippen LogP contribution in [0, 0.1) is 0 Å². The first-order chi connectivity index (χ1) is 16.9. The number of hydrogen-bond donors (Lipinski definition) is 0. The molecule has 0 unspecified atom stereocenters. The van der Waals surface area contributed by atoms with Crippen LogP contribution < -0.4 is 4.74 Å². The van der Waals surface area contributed by atoms with Crippen molar-refractivity contribution in [2.24, 2.45) is 0 Å². The fourth-order valence-electron chi connectivity index (χ4n) is 2.84. The molecule has 190 valence electrons. The van der Waals surface area contributed by atoms with Gasteiger partial charge < -0.3 is 4.74 Å². The van der Waals surface area contributed by atoms with E-state index in [1.165, 1.54) is 18.2 Å². The molecule has 11 heteroatoms. The van der Waals surface area contributed by atoms with Crippen molar-refractivity contribution >= 4 is 33.9 Å². The molecule has 0 bridgehead atoms. The maximum absolute atomic E-state index is 13.2. The van der Waals surface area contributed by atoms with Gasteiger partial charge in [-0.2, -0.15) is 36.3 Å². The minimum Gasteiger partial charge on any atom is -0.463 e. The lowest BCUT2D eigenvalue weighted by molar-refractivity contribution is -0.138. The minimum absolute atomic E-state index is 0.00894. The van der Waals surface area contributed by atoms with Crippen LogP contribution in [0.2, 0.25) is 0 Å². The number of aromatic nitrogens is 3. The summed E-state index contributed by atoms with van der Waals surface area (Å²) in [5.41, 5.74) is -0.938. The zero-order valence-electron chi connectivity index (χ0n) is 18.9. The Morgan fingerprint density at radius 3 is 2.14 bits per heavy atom. The summed E-state index contributed by atoms with van der Waals surface area (Å²) in [4.78, 5) is 12.7. The molecule has 4 nitrogen and oxygen atoms in total.